The molecule has 6 aromatic rings. The minimum absolute atomic E-state index is 0.0944. The van der Waals surface area contributed by atoms with Crippen molar-refractivity contribution >= 4 is 27.2 Å². The maximum absolute atomic E-state index is 14.7. The van der Waals surface area contributed by atoms with Crippen molar-refractivity contribution in [2.75, 3.05) is 0 Å². The minimum Gasteiger partial charge on any atom is -0.279 e. The molecule has 0 fully saturated rings. The number of non-ortho nitro benzene ring substituents is 1. The Balaban J connectivity index is 1.60. The molecular formula is C27H17F2N7O4S. The van der Waals surface area contributed by atoms with Gasteiger partial charge in [-0.05, 0) is 60.5 Å². The van der Waals surface area contributed by atoms with Crippen LogP contribution in [0.25, 0.3) is 32.3 Å². The summed E-state index contributed by atoms with van der Waals surface area (Å²) in [5.74, 6) is -1.46. The summed E-state index contributed by atoms with van der Waals surface area (Å²) in [6.45, 7) is 1.17. The van der Waals surface area contributed by atoms with E-state index in [-0.39, 0.29) is 27.3 Å². The molecule has 0 amide bonds. The fraction of sp³-hybridized carbons (Fsp3) is 0.0741. The van der Waals surface area contributed by atoms with Crippen molar-refractivity contribution in [2.45, 2.75) is 13.5 Å². The van der Waals surface area contributed by atoms with Gasteiger partial charge in [0.1, 0.15) is 16.5 Å². The summed E-state index contributed by atoms with van der Waals surface area (Å²) in [5, 5.41) is 23.5. The second-order valence-corrected chi connectivity index (χ2v) is 9.95. The molecule has 11 nitrogen and oxygen atoms in total. The number of aromatic nitrogens is 6. The third-order valence-electron chi connectivity index (χ3n) is 6.54. The number of thiophene rings is 1. The molecule has 0 bridgehead atoms. The molecule has 0 atom stereocenters. The van der Waals surface area contributed by atoms with Crippen LogP contribution in [0, 0.1) is 28.7 Å². The van der Waals surface area contributed by atoms with E-state index < -0.39 is 34.4 Å². The van der Waals surface area contributed by atoms with Gasteiger partial charge in [-0.1, -0.05) is 6.07 Å². The first-order chi connectivity index (χ1) is 19.7. The first-order valence-electron chi connectivity index (χ1n) is 12.1. The van der Waals surface area contributed by atoms with Gasteiger partial charge in [-0.25, -0.2) is 22.8 Å². The van der Waals surface area contributed by atoms with Crippen molar-refractivity contribution in [2.24, 2.45) is 0 Å². The van der Waals surface area contributed by atoms with Crippen LogP contribution < -0.4 is 11.2 Å². The van der Waals surface area contributed by atoms with Crippen LogP contribution in [0.15, 0.2) is 82.6 Å². The fourth-order valence-corrected chi connectivity index (χ4v) is 5.80. The van der Waals surface area contributed by atoms with Crippen LogP contribution in [-0.4, -0.2) is 34.0 Å². The molecule has 0 saturated carbocycles. The summed E-state index contributed by atoms with van der Waals surface area (Å²) in [4.78, 5) is 39.0. The van der Waals surface area contributed by atoms with Gasteiger partial charge in [0.25, 0.3) is 11.2 Å². The Hall–Kier alpha value is -5.37. The van der Waals surface area contributed by atoms with Crippen molar-refractivity contribution < 1.29 is 13.7 Å². The Kier molecular flexibility index (Phi) is 6.30. The maximum atomic E-state index is 14.7. The van der Waals surface area contributed by atoms with E-state index in [0.717, 1.165) is 32.6 Å². The molecule has 204 valence electrons. The Morgan fingerprint density at radius 3 is 2.24 bits per heavy atom. The lowest BCUT2D eigenvalue weighted by Crippen LogP contribution is -2.39. The summed E-state index contributed by atoms with van der Waals surface area (Å²) in [5.41, 5.74) is -0.981. The molecule has 4 heterocycles. The lowest BCUT2D eigenvalue weighted by atomic mass is 10.1. The van der Waals surface area contributed by atoms with Crippen molar-refractivity contribution in [3.63, 3.8) is 0 Å². The van der Waals surface area contributed by atoms with E-state index in [1.165, 1.54) is 47.1 Å². The van der Waals surface area contributed by atoms with E-state index in [1.807, 2.05) is 0 Å². The van der Waals surface area contributed by atoms with Gasteiger partial charge < -0.3 is 0 Å². The molecule has 2 aromatic carbocycles. The Bertz CT molecular complexity index is 2050. The third-order valence-corrected chi connectivity index (χ3v) is 7.90. The highest BCUT2D eigenvalue weighted by atomic mass is 32.1. The van der Waals surface area contributed by atoms with Crippen LogP contribution >= 0.6 is 11.3 Å². The average molecular weight is 574 g/mol. The van der Waals surface area contributed by atoms with Crippen LogP contribution in [-0.2, 0) is 6.54 Å². The van der Waals surface area contributed by atoms with E-state index in [1.54, 1.807) is 25.4 Å². The quantitative estimate of drug-likeness (QED) is 0.213. The highest BCUT2D eigenvalue weighted by molar-refractivity contribution is 7.22. The number of rotatable bonds is 6. The number of hydrogen-bond donors (Lipinski definition) is 0. The first kappa shape index (κ1) is 25.9. The molecule has 0 aliphatic heterocycles. The Morgan fingerprint density at radius 1 is 0.951 bits per heavy atom. The Morgan fingerprint density at radius 2 is 1.63 bits per heavy atom. The van der Waals surface area contributed by atoms with E-state index >= 15 is 0 Å². The van der Waals surface area contributed by atoms with Crippen molar-refractivity contribution in [1.82, 2.24) is 29.1 Å². The van der Waals surface area contributed by atoms with E-state index in [9.17, 15) is 28.5 Å². The van der Waals surface area contributed by atoms with Gasteiger partial charge in [-0.3, -0.25) is 19.5 Å². The highest BCUT2D eigenvalue weighted by Crippen LogP contribution is 2.37. The lowest BCUT2D eigenvalue weighted by molar-refractivity contribution is -0.384. The number of hydrogen-bond acceptors (Lipinski definition) is 8. The van der Waals surface area contributed by atoms with Gasteiger partial charge in [0.15, 0.2) is 11.6 Å². The van der Waals surface area contributed by atoms with Gasteiger partial charge in [0.2, 0.25) is 0 Å². The number of benzene rings is 2. The van der Waals surface area contributed by atoms with Crippen molar-refractivity contribution in [3.05, 3.63) is 127 Å². The predicted molar refractivity (Wildman–Crippen MR) is 147 cm³/mol. The topological polar surface area (TPSA) is 131 Å². The van der Waals surface area contributed by atoms with E-state index in [2.05, 4.69) is 15.3 Å². The number of aryl methyl sites for hydroxylation is 1. The highest BCUT2D eigenvalue weighted by Gasteiger charge is 2.24. The molecule has 0 saturated heterocycles. The molecular weight excluding hydrogens is 556 g/mol. The van der Waals surface area contributed by atoms with Crippen LogP contribution in [0.5, 0.6) is 0 Å². The normalized spacial score (nSPS) is 11.3. The maximum Gasteiger partial charge on any atom is 0.338 e. The molecule has 0 aliphatic carbocycles. The van der Waals surface area contributed by atoms with Crippen LogP contribution in [0.1, 0.15) is 11.1 Å². The molecule has 4 aromatic heterocycles. The molecule has 0 radical (unpaired) electrons. The SMILES string of the molecule is Cc1c(-c2ccc([N+](=O)[O-])cc2)sc2c1c(=O)n(-c1ccc(-n3cccn3)nn1)c(=O)n2Cc1c(F)cccc1F. The van der Waals surface area contributed by atoms with Crippen molar-refractivity contribution in [1.29, 1.82) is 0 Å². The predicted octanol–water partition coefficient (Wildman–Crippen LogP) is 4.40. The zero-order valence-electron chi connectivity index (χ0n) is 21.1. The number of nitro groups is 1. The second-order valence-electron chi connectivity index (χ2n) is 8.95. The zero-order valence-corrected chi connectivity index (χ0v) is 21.9. The first-order valence-corrected chi connectivity index (χ1v) is 12.9. The third kappa shape index (κ3) is 4.39. The van der Waals surface area contributed by atoms with Crippen LogP contribution in [0.3, 0.4) is 0 Å². The standard InChI is InChI=1S/C27H17F2N7O4S/c1-15-23-25(37)35(22-11-10-21(31-32-22)34-13-3-12-30-34)27(38)33(14-18-19(28)4-2-5-20(18)29)26(23)41-24(15)16-6-8-17(9-7-16)36(39)40/h2-13H,14H2,1H3. The smallest absolute Gasteiger partial charge is 0.279 e. The largest absolute Gasteiger partial charge is 0.338 e. The minimum atomic E-state index is -0.872. The van der Waals surface area contributed by atoms with Gasteiger partial charge >= 0.3 is 5.69 Å². The summed E-state index contributed by atoms with van der Waals surface area (Å²) in [7, 11) is 0. The van der Waals surface area contributed by atoms with Gasteiger partial charge in [-0.15, -0.1) is 21.5 Å². The van der Waals surface area contributed by atoms with Gasteiger partial charge in [-0.2, -0.15) is 5.10 Å². The summed E-state index contributed by atoms with van der Waals surface area (Å²) < 4.78 is 32.8. The lowest BCUT2D eigenvalue weighted by Gasteiger charge is -2.13. The number of halogens is 2. The molecule has 0 spiro atoms. The number of fused-ring (bicyclic) bond motifs is 1. The average Bonchev–Trinajstić information content (AvgIpc) is 3.62. The zero-order chi connectivity index (χ0) is 28.8. The number of nitro benzene ring substituents is 1. The van der Waals surface area contributed by atoms with Gasteiger partial charge in [0, 0.05) is 35.0 Å². The number of nitrogens with zero attached hydrogens (tertiary/aromatic N) is 7. The van der Waals surface area contributed by atoms with E-state index in [0.29, 0.717) is 21.8 Å². The van der Waals surface area contributed by atoms with Crippen LogP contribution in [0.4, 0.5) is 14.5 Å². The fourth-order valence-electron chi connectivity index (χ4n) is 4.50. The second kappa shape index (κ2) is 9.98. The monoisotopic (exact) mass is 573 g/mol. The molecule has 0 aliphatic rings. The van der Waals surface area contributed by atoms with Crippen molar-refractivity contribution in [3.8, 4) is 22.1 Å². The van der Waals surface area contributed by atoms with E-state index in [4.69, 9.17) is 0 Å². The molecule has 41 heavy (non-hydrogen) atoms. The summed E-state index contributed by atoms with van der Waals surface area (Å²) >= 11 is 1.07. The van der Waals surface area contributed by atoms with Crippen LogP contribution in [0.2, 0.25) is 0 Å². The molecule has 0 N–H and O–H groups in total. The molecule has 0 unspecified atom stereocenters. The van der Waals surface area contributed by atoms with Gasteiger partial charge in [0.05, 0.1) is 16.9 Å². The molecule has 14 heteroatoms. The summed E-state index contributed by atoms with van der Waals surface area (Å²) in [6.07, 6.45) is 3.20. The Labute approximate surface area is 232 Å². The molecule has 6 rings (SSSR count). The summed E-state index contributed by atoms with van der Waals surface area (Å²) in [6, 6.07) is 13.7.